The van der Waals surface area contributed by atoms with Crippen LogP contribution in [0.2, 0.25) is 0 Å². The maximum atomic E-state index is 12.2. The Bertz CT molecular complexity index is 968. The molecule has 4 rings (SSSR count). The minimum absolute atomic E-state index is 0.0756. The van der Waals surface area contributed by atoms with Gasteiger partial charge in [-0.1, -0.05) is 23.3 Å². The molecule has 0 unspecified atom stereocenters. The average molecular weight is 381 g/mol. The predicted octanol–water partition coefficient (Wildman–Crippen LogP) is 2.97. The quantitative estimate of drug-likeness (QED) is 0.672. The zero-order chi connectivity index (χ0) is 19.3. The fourth-order valence-electron chi connectivity index (χ4n) is 2.82. The number of rotatable bonds is 7. The van der Waals surface area contributed by atoms with Crippen LogP contribution in [0, 0.1) is 0 Å². The number of ether oxygens (including phenoxy) is 3. The minimum Gasteiger partial charge on any atom is -0.494 e. The van der Waals surface area contributed by atoms with Gasteiger partial charge in [-0.05, 0) is 42.3 Å². The standard InChI is InChI=1S/C20H19N3O5/c1-2-25-15-6-3-13(4-7-15)10-18(24)21-20-23-22-19(28-20)11-14-5-8-16-17(9-14)27-12-26-16/h3-9H,2,10-12H2,1H3,(H,21,23,24). The van der Waals surface area contributed by atoms with Gasteiger partial charge >= 0.3 is 6.01 Å². The molecule has 1 aliphatic rings. The normalized spacial score (nSPS) is 12.0. The molecule has 0 radical (unpaired) electrons. The fraction of sp³-hybridized carbons (Fsp3) is 0.250. The molecule has 3 aromatic rings. The SMILES string of the molecule is CCOc1ccc(CC(=O)Nc2nnc(Cc3ccc4c(c3)OCO4)o2)cc1. The summed E-state index contributed by atoms with van der Waals surface area (Å²) in [6, 6.07) is 13.1. The third kappa shape index (κ3) is 4.22. The van der Waals surface area contributed by atoms with E-state index in [2.05, 4.69) is 15.5 Å². The number of carbonyl (C=O) groups excluding carboxylic acids is 1. The predicted molar refractivity (Wildman–Crippen MR) is 99.6 cm³/mol. The molecule has 1 aromatic heterocycles. The summed E-state index contributed by atoms with van der Waals surface area (Å²) in [5, 5.41) is 10.5. The van der Waals surface area contributed by atoms with Gasteiger partial charge in [0.25, 0.3) is 0 Å². The molecule has 0 saturated carbocycles. The number of nitrogens with zero attached hydrogens (tertiary/aromatic N) is 2. The molecule has 0 saturated heterocycles. The molecule has 144 valence electrons. The van der Waals surface area contributed by atoms with E-state index in [1.165, 1.54) is 0 Å². The first kappa shape index (κ1) is 17.8. The summed E-state index contributed by atoms with van der Waals surface area (Å²) in [4.78, 5) is 12.2. The highest BCUT2D eigenvalue weighted by Gasteiger charge is 2.15. The highest BCUT2D eigenvalue weighted by Crippen LogP contribution is 2.33. The Morgan fingerprint density at radius 3 is 2.68 bits per heavy atom. The second kappa shape index (κ2) is 7.99. The summed E-state index contributed by atoms with van der Waals surface area (Å²) >= 11 is 0. The molecule has 0 spiro atoms. The number of hydrogen-bond donors (Lipinski definition) is 1. The van der Waals surface area contributed by atoms with Crippen molar-refractivity contribution in [1.29, 1.82) is 0 Å². The van der Waals surface area contributed by atoms with Crippen LogP contribution in [0.4, 0.5) is 6.01 Å². The van der Waals surface area contributed by atoms with E-state index in [0.717, 1.165) is 22.6 Å². The number of carbonyl (C=O) groups is 1. The van der Waals surface area contributed by atoms with E-state index < -0.39 is 0 Å². The first-order valence-corrected chi connectivity index (χ1v) is 8.92. The van der Waals surface area contributed by atoms with Crippen LogP contribution in [0.15, 0.2) is 46.9 Å². The number of aromatic nitrogens is 2. The van der Waals surface area contributed by atoms with E-state index in [0.29, 0.717) is 24.7 Å². The summed E-state index contributed by atoms with van der Waals surface area (Å²) in [7, 11) is 0. The number of nitrogens with one attached hydrogen (secondary N) is 1. The van der Waals surface area contributed by atoms with Crippen LogP contribution in [0.5, 0.6) is 17.2 Å². The Kier molecular flexibility index (Phi) is 5.09. The van der Waals surface area contributed by atoms with Gasteiger partial charge in [0.05, 0.1) is 19.4 Å². The third-order valence-electron chi connectivity index (χ3n) is 4.10. The molecule has 1 amide bonds. The first-order chi connectivity index (χ1) is 13.7. The van der Waals surface area contributed by atoms with Crippen molar-refractivity contribution in [3.63, 3.8) is 0 Å². The second-order valence-electron chi connectivity index (χ2n) is 6.17. The molecule has 8 nitrogen and oxygen atoms in total. The molecular formula is C20H19N3O5. The zero-order valence-corrected chi connectivity index (χ0v) is 15.3. The molecule has 2 heterocycles. The van der Waals surface area contributed by atoms with E-state index >= 15 is 0 Å². The Hall–Kier alpha value is -3.55. The molecule has 1 N–H and O–H groups in total. The van der Waals surface area contributed by atoms with Gasteiger partial charge in [0, 0.05) is 0 Å². The van der Waals surface area contributed by atoms with Crippen molar-refractivity contribution >= 4 is 11.9 Å². The maximum absolute atomic E-state index is 12.2. The molecule has 2 aromatic carbocycles. The smallest absolute Gasteiger partial charge is 0.322 e. The van der Waals surface area contributed by atoms with Crippen LogP contribution < -0.4 is 19.5 Å². The average Bonchev–Trinajstić information content (AvgIpc) is 3.32. The van der Waals surface area contributed by atoms with Crippen molar-refractivity contribution in [3.8, 4) is 17.2 Å². The lowest BCUT2D eigenvalue weighted by atomic mass is 10.1. The Balaban J connectivity index is 1.33. The van der Waals surface area contributed by atoms with Crippen molar-refractivity contribution in [1.82, 2.24) is 10.2 Å². The van der Waals surface area contributed by atoms with E-state index in [-0.39, 0.29) is 25.1 Å². The van der Waals surface area contributed by atoms with Crippen molar-refractivity contribution in [2.75, 3.05) is 18.7 Å². The lowest BCUT2D eigenvalue weighted by Gasteiger charge is -2.04. The van der Waals surface area contributed by atoms with E-state index in [1.54, 1.807) is 0 Å². The van der Waals surface area contributed by atoms with Gasteiger partial charge in [-0.15, -0.1) is 5.10 Å². The molecule has 0 aliphatic carbocycles. The number of anilines is 1. The van der Waals surface area contributed by atoms with Crippen LogP contribution in [0.3, 0.4) is 0 Å². The van der Waals surface area contributed by atoms with Crippen LogP contribution in [0.1, 0.15) is 23.9 Å². The maximum Gasteiger partial charge on any atom is 0.322 e. The summed E-state index contributed by atoms with van der Waals surface area (Å²) < 4.78 is 21.6. The number of fused-ring (bicyclic) bond motifs is 1. The van der Waals surface area contributed by atoms with Crippen LogP contribution in [-0.2, 0) is 17.6 Å². The zero-order valence-electron chi connectivity index (χ0n) is 15.3. The first-order valence-electron chi connectivity index (χ1n) is 8.92. The van der Waals surface area contributed by atoms with Crippen LogP contribution >= 0.6 is 0 Å². The van der Waals surface area contributed by atoms with E-state index in [1.807, 2.05) is 49.4 Å². The number of benzene rings is 2. The summed E-state index contributed by atoms with van der Waals surface area (Å²) in [6.07, 6.45) is 0.630. The monoisotopic (exact) mass is 381 g/mol. The van der Waals surface area contributed by atoms with Gasteiger partial charge in [0.2, 0.25) is 18.6 Å². The van der Waals surface area contributed by atoms with E-state index in [4.69, 9.17) is 18.6 Å². The molecule has 8 heteroatoms. The fourth-order valence-corrected chi connectivity index (χ4v) is 2.82. The van der Waals surface area contributed by atoms with Crippen molar-refractivity contribution < 1.29 is 23.4 Å². The van der Waals surface area contributed by atoms with Gasteiger partial charge in [0.15, 0.2) is 11.5 Å². The van der Waals surface area contributed by atoms with Gasteiger partial charge in [-0.25, -0.2) is 0 Å². The summed E-state index contributed by atoms with van der Waals surface area (Å²) in [5.41, 5.74) is 1.81. The Morgan fingerprint density at radius 1 is 1.07 bits per heavy atom. The minimum atomic E-state index is -0.234. The second-order valence-corrected chi connectivity index (χ2v) is 6.17. The molecule has 1 aliphatic heterocycles. The molecule has 0 fully saturated rings. The highest BCUT2D eigenvalue weighted by atomic mass is 16.7. The summed E-state index contributed by atoms with van der Waals surface area (Å²) in [5.74, 6) is 2.35. The van der Waals surface area contributed by atoms with Crippen molar-refractivity contribution in [3.05, 3.63) is 59.5 Å². The largest absolute Gasteiger partial charge is 0.494 e. The number of amides is 1. The molecule has 0 bridgehead atoms. The van der Waals surface area contributed by atoms with Crippen molar-refractivity contribution in [2.45, 2.75) is 19.8 Å². The van der Waals surface area contributed by atoms with Gasteiger partial charge in [-0.3, -0.25) is 10.1 Å². The van der Waals surface area contributed by atoms with Crippen molar-refractivity contribution in [2.24, 2.45) is 0 Å². The lowest BCUT2D eigenvalue weighted by molar-refractivity contribution is -0.115. The van der Waals surface area contributed by atoms with E-state index in [9.17, 15) is 4.79 Å². The molecule has 28 heavy (non-hydrogen) atoms. The highest BCUT2D eigenvalue weighted by molar-refractivity contribution is 5.90. The Morgan fingerprint density at radius 2 is 1.86 bits per heavy atom. The van der Waals surface area contributed by atoms with Gasteiger partial charge in [0.1, 0.15) is 5.75 Å². The van der Waals surface area contributed by atoms with Crippen LogP contribution in [0.25, 0.3) is 0 Å². The van der Waals surface area contributed by atoms with Crippen LogP contribution in [-0.4, -0.2) is 29.5 Å². The Labute approximate surface area is 161 Å². The third-order valence-corrected chi connectivity index (χ3v) is 4.10. The summed E-state index contributed by atoms with van der Waals surface area (Å²) in [6.45, 7) is 2.75. The molecule has 0 atom stereocenters. The molecular weight excluding hydrogens is 362 g/mol. The topological polar surface area (TPSA) is 95.7 Å². The lowest BCUT2D eigenvalue weighted by Crippen LogP contribution is -2.14. The number of hydrogen-bond acceptors (Lipinski definition) is 7. The van der Waals surface area contributed by atoms with Gasteiger partial charge in [-0.2, -0.15) is 0 Å². The van der Waals surface area contributed by atoms with Gasteiger partial charge < -0.3 is 18.6 Å².